The molecule has 1 aromatic carbocycles. The summed E-state index contributed by atoms with van der Waals surface area (Å²) in [6, 6.07) is 8.75. The lowest BCUT2D eigenvalue weighted by Crippen LogP contribution is -2.43. The quantitative estimate of drug-likeness (QED) is 0.832. The molecule has 2 atom stereocenters. The van der Waals surface area contributed by atoms with Crippen molar-refractivity contribution in [3.05, 3.63) is 30.3 Å². The average Bonchev–Trinajstić information content (AvgIpc) is 2.58. The van der Waals surface area contributed by atoms with Crippen LogP contribution < -0.4 is 4.90 Å². The van der Waals surface area contributed by atoms with E-state index in [1.54, 1.807) is 31.2 Å². The normalized spacial score (nSPS) is 19.1. The minimum Gasteiger partial charge on any atom is -0.480 e. The zero-order chi connectivity index (χ0) is 16.7. The zero-order valence-corrected chi connectivity index (χ0v) is 13.3. The maximum atomic E-state index is 12.5. The van der Waals surface area contributed by atoms with E-state index in [2.05, 4.69) is 0 Å². The highest BCUT2D eigenvalue weighted by Gasteiger charge is 2.25. The maximum absolute atomic E-state index is 12.5. The summed E-state index contributed by atoms with van der Waals surface area (Å²) in [5, 5.41) is 9.05. The summed E-state index contributed by atoms with van der Waals surface area (Å²) in [6.07, 6.45) is 2.39. The molecule has 23 heavy (non-hydrogen) atoms. The lowest BCUT2D eigenvalue weighted by molar-refractivity contribution is -0.139. The number of amides is 1. The molecule has 2 rings (SSSR count). The van der Waals surface area contributed by atoms with Gasteiger partial charge in [-0.25, -0.2) is 0 Å². The van der Waals surface area contributed by atoms with Crippen LogP contribution in [0, 0.1) is 0 Å². The Kier molecular flexibility index (Phi) is 6.55. The van der Waals surface area contributed by atoms with Crippen LogP contribution in [0.4, 0.5) is 5.69 Å². The van der Waals surface area contributed by atoms with Gasteiger partial charge in [-0.3, -0.25) is 14.5 Å². The predicted molar refractivity (Wildman–Crippen MR) is 85.4 cm³/mol. The Hall–Kier alpha value is -1.92. The van der Waals surface area contributed by atoms with Crippen molar-refractivity contribution in [1.82, 2.24) is 0 Å². The molecular weight excluding hydrogens is 298 g/mol. The van der Waals surface area contributed by atoms with Crippen molar-refractivity contribution in [2.45, 2.75) is 38.4 Å². The van der Waals surface area contributed by atoms with Gasteiger partial charge in [-0.1, -0.05) is 18.2 Å². The topological polar surface area (TPSA) is 76.1 Å². The molecule has 126 valence electrons. The second kappa shape index (κ2) is 8.64. The zero-order valence-electron chi connectivity index (χ0n) is 13.3. The van der Waals surface area contributed by atoms with Crippen LogP contribution in [0.15, 0.2) is 30.3 Å². The number of carboxylic acid groups (broad SMARTS) is 1. The van der Waals surface area contributed by atoms with Crippen LogP contribution in [0.3, 0.4) is 0 Å². The largest absolute Gasteiger partial charge is 0.480 e. The van der Waals surface area contributed by atoms with E-state index in [1.165, 1.54) is 4.90 Å². The van der Waals surface area contributed by atoms with Gasteiger partial charge in [-0.2, -0.15) is 0 Å². The van der Waals surface area contributed by atoms with Gasteiger partial charge in [-0.05, 0) is 38.3 Å². The van der Waals surface area contributed by atoms with E-state index in [1.807, 2.05) is 6.07 Å². The molecule has 0 aromatic heterocycles. The molecule has 0 saturated carbocycles. The van der Waals surface area contributed by atoms with Gasteiger partial charge in [0.1, 0.15) is 12.6 Å². The number of carbonyl (C=O) groups excluding carboxylic acids is 1. The molecule has 1 N–H and O–H groups in total. The first-order valence-corrected chi connectivity index (χ1v) is 7.89. The lowest BCUT2D eigenvalue weighted by Gasteiger charge is -2.27. The van der Waals surface area contributed by atoms with Crippen molar-refractivity contribution in [3.63, 3.8) is 0 Å². The summed E-state index contributed by atoms with van der Waals surface area (Å²) in [7, 11) is 0. The van der Waals surface area contributed by atoms with Gasteiger partial charge in [0.15, 0.2) is 0 Å². The minimum atomic E-state index is -1.06. The number of ether oxygens (including phenoxy) is 2. The Morgan fingerprint density at radius 2 is 2.09 bits per heavy atom. The fourth-order valence-corrected chi connectivity index (χ4v) is 2.52. The van der Waals surface area contributed by atoms with E-state index in [0.717, 1.165) is 25.9 Å². The maximum Gasteiger partial charge on any atom is 0.323 e. The van der Waals surface area contributed by atoms with Gasteiger partial charge in [-0.15, -0.1) is 0 Å². The monoisotopic (exact) mass is 321 g/mol. The molecule has 1 amide bonds. The highest BCUT2D eigenvalue weighted by molar-refractivity contribution is 5.99. The summed E-state index contributed by atoms with van der Waals surface area (Å²) >= 11 is 0. The van der Waals surface area contributed by atoms with Crippen LogP contribution in [0.1, 0.15) is 26.2 Å². The Morgan fingerprint density at radius 3 is 2.70 bits per heavy atom. The van der Waals surface area contributed by atoms with E-state index >= 15 is 0 Å². The molecule has 0 aliphatic carbocycles. The fourth-order valence-electron chi connectivity index (χ4n) is 2.52. The van der Waals surface area contributed by atoms with E-state index in [4.69, 9.17) is 14.6 Å². The third kappa shape index (κ3) is 5.33. The number of nitrogens with zero attached hydrogens (tertiary/aromatic N) is 1. The highest BCUT2D eigenvalue weighted by Crippen LogP contribution is 2.17. The lowest BCUT2D eigenvalue weighted by atomic mass is 10.1. The standard InChI is InChI=1S/C17H23NO5/c1-13(23-12-15-9-5-6-10-22-15)17(21)18(11-16(19)20)14-7-3-2-4-8-14/h2-4,7-8,13,15H,5-6,9-12H2,1H3,(H,19,20). The number of aliphatic carboxylic acids is 1. The second-order valence-corrected chi connectivity index (χ2v) is 5.62. The van der Waals surface area contributed by atoms with E-state index in [9.17, 15) is 9.59 Å². The molecule has 1 heterocycles. The number of rotatable bonds is 7. The smallest absolute Gasteiger partial charge is 0.323 e. The number of hydrogen-bond donors (Lipinski definition) is 1. The molecule has 1 aromatic rings. The van der Waals surface area contributed by atoms with E-state index in [-0.39, 0.29) is 12.0 Å². The Bertz CT molecular complexity index is 513. The van der Waals surface area contributed by atoms with E-state index in [0.29, 0.717) is 12.3 Å². The first kappa shape index (κ1) is 17.4. The van der Waals surface area contributed by atoms with Crippen LogP contribution in [-0.4, -0.2) is 48.9 Å². The Labute approximate surface area is 136 Å². The molecule has 6 nitrogen and oxygen atoms in total. The van der Waals surface area contributed by atoms with Crippen molar-refractivity contribution in [2.24, 2.45) is 0 Å². The van der Waals surface area contributed by atoms with Crippen molar-refractivity contribution in [1.29, 1.82) is 0 Å². The van der Waals surface area contributed by atoms with Crippen LogP contribution in [0.2, 0.25) is 0 Å². The van der Waals surface area contributed by atoms with Crippen LogP contribution in [0.25, 0.3) is 0 Å². The SMILES string of the molecule is CC(OCC1CCCCO1)C(=O)N(CC(=O)O)c1ccccc1. The minimum absolute atomic E-state index is 0.0173. The molecule has 2 unspecified atom stereocenters. The van der Waals surface area contributed by atoms with E-state index < -0.39 is 18.6 Å². The second-order valence-electron chi connectivity index (χ2n) is 5.62. The molecule has 1 fully saturated rings. The third-order valence-electron chi connectivity index (χ3n) is 3.78. The molecule has 0 spiro atoms. The molecular formula is C17H23NO5. The number of anilines is 1. The van der Waals surface area contributed by atoms with Gasteiger partial charge in [0.25, 0.3) is 5.91 Å². The van der Waals surface area contributed by atoms with Crippen molar-refractivity contribution < 1.29 is 24.2 Å². The summed E-state index contributed by atoms with van der Waals surface area (Å²) in [4.78, 5) is 24.8. The summed E-state index contributed by atoms with van der Waals surface area (Å²) in [6.45, 7) is 2.33. The molecule has 1 saturated heterocycles. The van der Waals surface area contributed by atoms with Crippen molar-refractivity contribution >= 4 is 17.6 Å². The van der Waals surface area contributed by atoms with Gasteiger partial charge in [0.05, 0.1) is 12.7 Å². The molecule has 0 radical (unpaired) electrons. The van der Waals surface area contributed by atoms with Crippen LogP contribution in [0.5, 0.6) is 0 Å². The van der Waals surface area contributed by atoms with Gasteiger partial charge in [0.2, 0.25) is 0 Å². The van der Waals surface area contributed by atoms with Crippen molar-refractivity contribution in [2.75, 3.05) is 24.7 Å². The summed E-state index contributed by atoms with van der Waals surface area (Å²) < 4.78 is 11.2. The van der Waals surface area contributed by atoms with Gasteiger partial charge in [0, 0.05) is 12.3 Å². The van der Waals surface area contributed by atoms with Crippen LogP contribution >= 0.6 is 0 Å². The fraction of sp³-hybridized carbons (Fsp3) is 0.529. The molecule has 6 heteroatoms. The highest BCUT2D eigenvalue weighted by atomic mass is 16.5. The first-order chi connectivity index (χ1) is 11.1. The first-order valence-electron chi connectivity index (χ1n) is 7.89. The predicted octanol–water partition coefficient (Wildman–Crippen LogP) is 2.08. The molecule has 1 aliphatic rings. The van der Waals surface area contributed by atoms with Crippen molar-refractivity contribution in [3.8, 4) is 0 Å². The van der Waals surface area contributed by atoms with Crippen LogP contribution in [-0.2, 0) is 19.1 Å². The number of carboxylic acids is 1. The molecule has 1 aliphatic heterocycles. The number of benzene rings is 1. The average molecular weight is 321 g/mol. The van der Waals surface area contributed by atoms with Gasteiger partial charge >= 0.3 is 5.97 Å². The number of carbonyl (C=O) groups is 2. The molecule has 0 bridgehead atoms. The third-order valence-corrected chi connectivity index (χ3v) is 3.78. The number of hydrogen-bond acceptors (Lipinski definition) is 4. The Morgan fingerprint density at radius 1 is 1.35 bits per heavy atom. The Balaban J connectivity index is 1.96. The summed E-state index contributed by atoms with van der Waals surface area (Å²) in [5.74, 6) is -1.43. The van der Waals surface area contributed by atoms with Gasteiger partial charge < -0.3 is 14.6 Å². The summed E-state index contributed by atoms with van der Waals surface area (Å²) in [5.41, 5.74) is 0.546. The number of para-hydroxylation sites is 1.